The monoisotopic (exact) mass is 388 g/mol. The second kappa shape index (κ2) is 7.32. The van der Waals surface area contributed by atoms with Crippen molar-refractivity contribution in [1.82, 2.24) is 0 Å². The maximum Gasteiger partial charge on any atom is 0.285 e. The number of ether oxygens (including phenoxy) is 3. The molecule has 2 aromatic carbocycles. The van der Waals surface area contributed by atoms with E-state index in [9.17, 15) is 8.42 Å². The molecule has 1 aliphatic heterocycles. The van der Waals surface area contributed by atoms with Gasteiger partial charge in [0.1, 0.15) is 28.0 Å². The van der Waals surface area contributed by atoms with Gasteiger partial charge in [-0.05, 0) is 48.9 Å². The fraction of sp³-hybridized carbons (Fsp3) is 0.211. The number of hydrogen-bond donors (Lipinski definition) is 1. The number of nitrogens with one attached hydrogen (secondary N) is 1. The first-order valence-electron chi connectivity index (χ1n) is 8.09. The predicted molar refractivity (Wildman–Crippen MR) is 105 cm³/mol. The molecule has 0 aliphatic carbocycles. The van der Waals surface area contributed by atoms with Crippen LogP contribution in [-0.2, 0) is 10.0 Å². The fourth-order valence-electron chi connectivity index (χ4n) is 2.79. The third-order valence-corrected chi connectivity index (χ3v) is 5.66. The van der Waals surface area contributed by atoms with Gasteiger partial charge in [0.2, 0.25) is 0 Å². The molecule has 27 heavy (non-hydrogen) atoms. The van der Waals surface area contributed by atoms with Gasteiger partial charge in [0.15, 0.2) is 0 Å². The molecule has 1 aliphatic rings. The van der Waals surface area contributed by atoms with Gasteiger partial charge in [0, 0.05) is 11.6 Å². The van der Waals surface area contributed by atoms with Gasteiger partial charge in [-0.25, -0.2) is 0 Å². The van der Waals surface area contributed by atoms with E-state index in [-0.39, 0.29) is 10.7 Å². The van der Waals surface area contributed by atoms with E-state index in [2.05, 4.69) is 9.71 Å². The Labute approximate surface area is 158 Å². The molecule has 0 fully saturated rings. The third-order valence-electron chi connectivity index (χ3n) is 4.18. The Morgan fingerprint density at radius 2 is 1.52 bits per heavy atom. The SMILES string of the molecule is COc1ccc(C2=C(C)C(Nc3ccc(OC)cc3OC)=NS2(=O)=O)cc1. The summed E-state index contributed by atoms with van der Waals surface area (Å²) in [5, 5.41) is 3.05. The fourth-order valence-corrected chi connectivity index (χ4v) is 4.22. The molecule has 0 bridgehead atoms. The number of anilines is 1. The van der Waals surface area contributed by atoms with Crippen molar-refractivity contribution in [2.75, 3.05) is 26.6 Å². The summed E-state index contributed by atoms with van der Waals surface area (Å²) in [6.07, 6.45) is 0. The average Bonchev–Trinajstić information content (AvgIpc) is 2.90. The molecule has 0 spiro atoms. The number of methoxy groups -OCH3 is 3. The lowest BCUT2D eigenvalue weighted by Gasteiger charge is -2.12. The maximum atomic E-state index is 12.6. The Morgan fingerprint density at radius 1 is 0.889 bits per heavy atom. The van der Waals surface area contributed by atoms with Gasteiger partial charge in [0.25, 0.3) is 10.0 Å². The summed E-state index contributed by atoms with van der Waals surface area (Å²) in [6, 6.07) is 12.0. The highest BCUT2D eigenvalue weighted by atomic mass is 32.2. The van der Waals surface area contributed by atoms with E-state index in [1.54, 1.807) is 63.6 Å². The van der Waals surface area contributed by atoms with Crippen molar-refractivity contribution in [2.45, 2.75) is 6.92 Å². The van der Waals surface area contributed by atoms with Gasteiger partial charge in [-0.2, -0.15) is 8.42 Å². The molecular formula is C19H20N2O5S. The number of rotatable bonds is 5. The Bertz CT molecular complexity index is 1020. The summed E-state index contributed by atoms with van der Waals surface area (Å²) in [4.78, 5) is 0.167. The summed E-state index contributed by atoms with van der Waals surface area (Å²) < 4.78 is 44.8. The summed E-state index contributed by atoms with van der Waals surface area (Å²) >= 11 is 0. The quantitative estimate of drug-likeness (QED) is 0.846. The highest BCUT2D eigenvalue weighted by Crippen LogP contribution is 2.35. The average molecular weight is 388 g/mol. The summed E-state index contributed by atoms with van der Waals surface area (Å²) in [6.45, 7) is 1.71. The second-order valence-corrected chi connectivity index (χ2v) is 7.33. The lowest BCUT2D eigenvalue weighted by atomic mass is 10.1. The molecule has 0 radical (unpaired) electrons. The van der Waals surface area contributed by atoms with Gasteiger partial charge < -0.3 is 19.5 Å². The number of benzene rings is 2. The molecule has 0 unspecified atom stereocenters. The van der Waals surface area contributed by atoms with Crippen LogP contribution in [0.2, 0.25) is 0 Å². The Balaban J connectivity index is 1.98. The van der Waals surface area contributed by atoms with Crippen molar-refractivity contribution < 1.29 is 22.6 Å². The Hall–Kier alpha value is -3.00. The second-order valence-electron chi connectivity index (χ2n) is 5.79. The van der Waals surface area contributed by atoms with E-state index in [1.165, 1.54) is 7.11 Å². The van der Waals surface area contributed by atoms with Crippen molar-refractivity contribution >= 4 is 26.5 Å². The lowest BCUT2D eigenvalue weighted by molar-refractivity contribution is 0.395. The smallest absolute Gasteiger partial charge is 0.285 e. The molecule has 0 atom stereocenters. The zero-order chi connectivity index (χ0) is 19.6. The molecule has 0 amide bonds. The molecular weight excluding hydrogens is 368 g/mol. The molecule has 7 nitrogen and oxygen atoms in total. The minimum absolute atomic E-state index is 0.167. The van der Waals surface area contributed by atoms with E-state index in [1.807, 2.05) is 0 Å². The van der Waals surface area contributed by atoms with Crippen molar-refractivity contribution in [3.8, 4) is 17.2 Å². The van der Waals surface area contributed by atoms with E-state index in [0.717, 1.165) is 0 Å². The van der Waals surface area contributed by atoms with Gasteiger partial charge in [-0.15, -0.1) is 4.40 Å². The van der Waals surface area contributed by atoms with Crippen LogP contribution < -0.4 is 19.5 Å². The molecule has 8 heteroatoms. The van der Waals surface area contributed by atoms with Crippen LogP contribution in [0.3, 0.4) is 0 Å². The molecule has 2 aromatic rings. The van der Waals surface area contributed by atoms with Gasteiger partial charge in [0.05, 0.1) is 27.0 Å². The van der Waals surface area contributed by atoms with Crippen LogP contribution in [0.5, 0.6) is 17.2 Å². The van der Waals surface area contributed by atoms with Crippen LogP contribution in [0.25, 0.3) is 4.91 Å². The zero-order valence-electron chi connectivity index (χ0n) is 15.4. The van der Waals surface area contributed by atoms with Gasteiger partial charge in [-0.1, -0.05) is 0 Å². The van der Waals surface area contributed by atoms with E-state index in [0.29, 0.717) is 34.1 Å². The first kappa shape index (κ1) is 18.8. The molecule has 1 N–H and O–H groups in total. The van der Waals surface area contributed by atoms with Crippen LogP contribution in [0.4, 0.5) is 5.69 Å². The van der Waals surface area contributed by atoms with Crippen LogP contribution in [0, 0.1) is 0 Å². The molecule has 0 saturated carbocycles. The first-order valence-corrected chi connectivity index (χ1v) is 9.53. The normalized spacial score (nSPS) is 15.3. The van der Waals surface area contributed by atoms with Crippen molar-refractivity contribution in [3.63, 3.8) is 0 Å². The van der Waals surface area contributed by atoms with Crippen molar-refractivity contribution in [3.05, 3.63) is 53.6 Å². The lowest BCUT2D eigenvalue weighted by Crippen LogP contribution is -2.12. The van der Waals surface area contributed by atoms with Crippen LogP contribution in [-0.4, -0.2) is 35.6 Å². The predicted octanol–water partition coefficient (Wildman–Crippen LogP) is 3.30. The zero-order valence-corrected chi connectivity index (χ0v) is 16.3. The summed E-state index contributed by atoms with van der Waals surface area (Å²) in [5.74, 6) is 2.05. The molecule has 3 rings (SSSR count). The summed E-state index contributed by atoms with van der Waals surface area (Å²) in [7, 11) is 0.828. The number of amidine groups is 1. The highest BCUT2D eigenvalue weighted by Gasteiger charge is 2.31. The Morgan fingerprint density at radius 3 is 2.11 bits per heavy atom. The summed E-state index contributed by atoms with van der Waals surface area (Å²) in [5.41, 5.74) is 1.66. The number of sulfonamides is 1. The molecule has 0 saturated heterocycles. The van der Waals surface area contributed by atoms with Gasteiger partial charge >= 0.3 is 0 Å². The highest BCUT2D eigenvalue weighted by molar-refractivity contribution is 8.00. The molecule has 0 aromatic heterocycles. The van der Waals surface area contributed by atoms with Crippen LogP contribution in [0.15, 0.2) is 52.4 Å². The van der Waals surface area contributed by atoms with Crippen LogP contribution >= 0.6 is 0 Å². The first-order chi connectivity index (χ1) is 12.9. The standard InChI is InChI=1S/C19H20N2O5S/c1-12-18(13-5-7-14(24-2)8-6-13)27(22,23)21-19(12)20-16-10-9-15(25-3)11-17(16)26-4/h5-11H,1-4H3,(H,20,21). The van der Waals surface area contributed by atoms with Crippen LogP contribution in [0.1, 0.15) is 12.5 Å². The Kier molecular flexibility index (Phi) is 5.09. The molecule has 142 valence electrons. The maximum absolute atomic E-state index is 12.6. The third kappa shape index (κ3) is 3.61. The van der Waals surface area contributed by atoms with Gasteiger partial charge in [-0.3, -0.25) is 0 Å². The topological polar surface area (TPSA) is 86.2 Å². The largest absolute Gasteiger partial charge is 0.497 e. The van der Waals surface area contributed by atoms with E-state index < -0.39 is 10.0 Å². The van der Waals surface area contributed by atoms with E-state index >= 15 is 0 Å². The number of hydrogen-bond acceptors (Lipinski definition) is 6. The van der Waals surface area contributed by atoms with Crippen molar-refractivity contribution in [2.24, 2.45) is 4.40 Å². The van der Waals surface area contributed by atoms with Crippen molar-refractivity contribution in [1.29, 1.82) is 0 Å². The minimum atomic E-state index is -3.81. The molecule has 1 heterocycles. The number of nitrogens with zero attached hydrogens (tertiary/aromatic N) is 1. The minimum Gasteiger partial charge on any atom is -0.497 e. The van der Waals surface area contributed by atoms with E-state index in [4.69, 9.17) is 14.2 Å².